The van der Waals surface area contributed by atoms with E-state index in [1.165, 1.54) is 5.56 Å². The molecule has 0 bridgehead atoms. The lowest BCUT2D eigenvalue weighted by Gasteiger charge is -2.30. The summed E-state index contributed by atoms with van der Waals surface area (Å²) in [6.45, 7) is 1.41. The van der Waals surface area contributed by atoms with Gasteiger partial charge in [0.05, 0.1) is 24.9 Å². The molecule has 140 valence electrons. The second-order valence-corrected chi connectivity index (χ2v) is 7.19. The molecule has 2 aliphatic rings. The number of hydrogen-bond donors (Lipinski definition) is 0. The molecule has 0 radical (unpaired) electrons. The van der Waals surface area contributed by atoms with E-state index in [4.69, 9.17) is 14.2 Å². The van der Waals surface area contributed by atoms with E-state index in [2.05, 4.69) is 24.0 Å². The van der Waals surface area contributed by atoms with Crippen LogP contribution in [0.1, 0.15) is 36.8 Å². The summed E-state index contributed by atoms with van der Waals surface area (Å²) >= 11 is 0. The van der Waals surface area contributed by atoms with Crippen LogP contribution in [0.3, 0.4) is 0 Å². The van der Waals surface area contributed by atoms with Gasteiger partial charge in [-0.2, -0.15) is 0 Å². The van der Waals surface area contributed by atoms with Gasteiger partial charge in [0.15, 0.2) is 0 Å². The van der Waals surface area contributed by atoms with Crippen LogP contribution in [-0.4, -0.2) is 31.0 Å². The Labute approximate surface area is 161 Å². The van der Waals surface area contributed by atoms with Crippen LogP contribution in [0.15, 0.2) is 60.7 Å². The summed E-state index contributed by atoms with van der Waals surface area (Å²) in [5.74, 6) is 6.61. The fraction of sp³-hybridized carbons (Fsp3) is 0.417. The van der Waals surface area contributed by atoms with Crippen molar-refractivity contribution in [1.82, 2.24) is 0 Å². The average Bonchev–Trinajstić information content (AvgIpc) is 2.91. The first-order chi connectivity index (χ1) is 13.4. The number of ether oxygens (including phenoxy) is 3. The summed E-state index contributed by atoms with van der Waals surface area (Å²) in [5.41, 5.74) is 2.17. The van der Waals surface area contributed by atoms with Crippen LogP contribution in [0.25, 0.3) is 0 Å². The van der Waals surface area contributed by atoms with E-state index in [9.17, 15) is 0 Å². The Morgan fingerprint density at radius 1 is 0.889 bits per heavy atom. The molecule has 2 saturated heterocycles. The third-order valence-corrected chi connectivity index (χ3v) is 5.21. The van der Waals surface area contributed by atoms with E-state index >= 15 is 0 Å². The maximum absolute atomic E-state index is 6.41. The van der Waals surface area contributed by atoms with Gasteiger partial charge in [-0.25, -0.2) is 0 Å². The molecule has 0 aliphatic carbocycles. The molecule has 2 fully saturated rings. The highest BCUT2D eigenvalue weighted by atomic mass is 16.6. The minimum atomic E-state index is -0.231. The van der Waals surface area contributed by atoms with Gasteiger partial charge in [-0.1, -0.05) is 60.4 Å². The van der Waals surface area contributed by atoms with E-state index in [0.29, 0.717) is 6.61 Å². The lowest BCUT2D eigenvalue weighted by atomic mass is 10.0. The van der Waals surface area contributed by atoms with Crippen LogP contribution in [-0.2, 0) is 20.8 Å². The molecule has 0 spiro atoms. The van der Waals surface area contributed by atoms with Gasteiger partial charge in [-0.15, -0.1) is 0 Å². The minimum Gasteiger partial charge on any atom is -0.376 e. The zero-order valence-electron chi connectivity index (χ0n) is 15.6. The zero-order valence-corrected chi connectivity index (χ0v) is 15.6. The SMILES string of the molecule is C(#C[C@H]1O[C@H]2CCCO[C@@H]2CC[C@H]1OCc1ccccc1)c1ccccc1. The van der Waals surface area contributed by atoms with E-state index in [1.54, 1.807) is 0 Å². The molecule has 2 aliphatic heterocycles. The third kappa shape index (κ3) is 4.99. The zero-order chi connectivity index (χ0) is 18.3. The molecule has 2 aromatic rings. The number of benzene rings is 2. The highest BCUT2D eigenvalue weighted by Gasteiger charge is 2.36. The summed E-state index contributed by atoms with van der Waals surface area (Å²) < 4.78 is 18.6. The molecule has 4 atom stereocenters. The summed E-state index contributed by atoms with van der Waals surface area (Å²) in [6.07, 6.45) is 3.98. The van der Waals surface area contributed by atoms with Crippen LogP contribution in [0, 0.1) is 11.8 Å². The van der Waals surface area contributed by atoms with Gasteiger partial charge in [-0.05, 0) is 43.4 Å². The Kier molecular flexibility index (Phi) is 6.21. The summed E-state index contributed by atoms with van der Waals surface area (Å²) in [4.78, 5) is 0. The van der Waals surface area contributed by atoms with Crippen LogP contribution in [0.5, 0.6) is 0 Å². The first-order valence-electron chi connectivity index (χ1n) is 9.88. The van der Waals surface area contributed by atoms with Crippen molar-refractivity contribution in [2.24, 2.45) is 0 Å². The molecule has 3 heteroatoms. The van der Waals surface area contributed by atoms with Crippen molar-refractivity contribution in [2.45, 2.75) is 56.7 Å². The van der Waals surface area contributed by atoms with Gasteiger partial charge >= 0.3 is 0 Å². The second-order valence-electron chi connectivity index (χ2n) is 7.19. The lowest BCUT2D eigenvalue weighted by molar-refractivity contribution is -0.126. The van der Waals surface area contributed by atoms with Crippen molar-refractivity contribution in [1.29, 1.82) is 0 Å². The maximum atomic E-state index is 6.41. The Hall–Kier alpha value is -2.12. The highest BCUT2D eigenvalue weighted by Crippen LogP contribution is 2.29. The molecule has 0 aromatic heterocycles. The van der Waals surface area contributed by atoms with Gasteiger partial charge < -0.3 is 14.2 Å². The van der Waals surface area contributed by atoms with E-state index < -0.39 is 0 Å². The molecule has 3 nitrogen and oxygen atoms in total. The van der Waals surface area contributed by atoms with Gasteiger partial charge in [0.25, 0.3) is 0 Å². The van der Waals surface area contributed by atoms with Crippen molar-refractivity contribution in [3.8, 4) is 11.8 Å². The highest BCUT2D eigenvalue weighted by molar-refractivity contribution is 5.34. The molecule has 0 saturated carbocycles. The van der Waals surface area contributed by atoms with Gasteiger partial charge in [0.1, 0.15) is 6.10 Å². The molecular weight excluding hydrogens is 336 g/mol. The number of rotatable bonds is 3. The van der Waals surface area contributed by atoms with Crippen molar-refractivity contribution in [3.05, 3.63) is 71.8 Å². The van der Waals surface area contributed by atoms with Crippen LogP contribution in [0.4, 0.5) is 0 Å². The van der Waals surface area contributed by atoms with Crippen molar-refractivity contribution in [2.75, 3.05) is 6.61 Å². The molecule has 0 amide bonds. The largest absolute Gasteiger partial charge is 0.376 e. The number of hydrogen-bond acceptors (Lipinski definition) is 3. The van der Waals surface area contributed by atoms with E-state index in [0.717, 1.165) is 37.9 Å². The van der Waals surface area contributed by atoms with Crippen LogP contribution in [0.2, 0.25) is 0 Å². The standard InChI is InChI=1S/C24H26O3/c1-3-8-19(9-4-1)13-14-24-22(26-18-20-10-5-2-6-11-20)16-15-21-23(27-24)12-7-17-25-21/h1-6,8-11,21-24H,7,12,15-18H2/t21-,22-,23+,24-/m1/s1. The Morgan fingerprint density at radius 3 is 2.48 bits per heavy atom. The summed E-state index contributed by atoms with van der Waals surface area (Å²) in [7, 11) is 0. The third-order valence-electron chi connectivity index (χ3n) is 5.21. The first kappa shape index (κ1) is 18.3. The lowest BCUT2D eigenvalue weighted by Crippen LogP contribution is -2.37. The molecule has 0 N–H and O–H groups in total. The van der Waals surface area contributed by atoms with E-state index in [-0.39, 0.29) is 24.4 Å². The van der Waals surface area contributed by atoms with Gasteiger partial charge in [0.2, 0.25) is 0 Å². The molecule has 0 unspecified atom stereocenters. The maximum Gasteiger partial charge on any atom is 0.145 e. The van der Waals surface area contributed by atoms with Gasteiger partial charge in [0, 0.05) is 12.2 Å². The van der Waals surface area contributed by atoms with Crippen molar-refractivity contribution >= 4 is 0 Å². The first-order valence-corrected chi connectivity index (χ1v) is 9.88. The summed E-state index contributed by atoms with van der Waals surface area (Å²) in [5, 5.41) is 0. The Morgan fingerprint density at radius 2 is 1.67 bits per heavy atom. The van der Waals surface area contributed by atoms with Gasteiger partial charge in [-0.3, -0.25) is 0 Å². The Balaban J connectivity index is 1.50. The van der Waals surface area contributed by atoms with Crippen LogP contribution >= 0.6 is 0 Å². The second kappa shape index (κ2) is 9.19. The average molecular weight is 362 g/mol. The predicted molar refractivity (Wildman–Crippen MR) is 105 cm³/mol. The fourth-order valence-electron chi connectivity index (χ4n) is 3.74. The van der Waals surface area contributed by atoms with E-state index in [1.807, 2.05) is 48.5 Å². The quantitative estimate of drug-likeness (QED) is 0.760. The Bertz CT molecular complexity index is 762. The molecule has 2 heterocycles. The fourth-order valence-corrected chi connectivity index (χ4v) is 3.74. The molecule has 4 rings (SSSR count). The topological polar surface area (TPSA) is 27.7 Å². The summed E-state index contributed by atoms with van der Waals surface area (Å²) in [6, 6.07) is 20.3. The van der Waals surface area contributed by atoms with Crippen molar-refractivity contribution in [3.63, 3.8) is 0 Å². The minimum absolute atomic E-state index is 0.0457. The monoisotopic (exact) mass is 362 g/mol. The van der Waals surface area contributed by atoms with Crippen LogP contribution < -0.4 is 0 Å². The normalized spacial score (nSPS) is 27.7. The molecular formula is C24H26O3. The predicted octanol–water partition coefficient (Wildman–Crippen LogP) is 4.35. The molecule has 27 heavy (non-hydrogen) atoms. The molecule has 2 aromatic carbocycles. The van der Waals surface area contributed by atoms with Crippen molar-refractivity contribution < 1.29 is 14.2 Å². The number of fused-ring (bicyclic) bond motifs is 1. The smallest absolute Gasteiger partial charge is 0.145 e.